The Kier molecular flexibility index (Phi) is 6.21. The average Bonchev–Trinajstić information content (AvgIpc) is 2.49. The maximum Gasteiger partial charge on any atom is 0.305 e. The minimum absolute atomic E-state index is 0.113. The fourth-order valence-corrected chi connectivity index (χ4v) is 3.18. The van der Waals surface area contributed by atoms with Crippen LogP contribution < -0.4 is 0 Å². The monoisotopic (exact) mass is 327 g/mol. The molecule has 1 saturated heterocycles. The first-order valence-corrected chi connectivity index (χ1v) is 8.03. The molecular formula is C15H18FNO4S. The molecule has 1 aromatic carbocycles. The minimum Gasteiger partial charge on any atom is -0.481 e. The van der Waals surface area contributed by atoms with Crippen LogP contribution in [-0.4, -0.2) is 53.4 Å². The van der Waals surface area contributed by atoms with E-state index in [9.17, 15) is 14.0 Å². The highest BCUT2D eigenvalue weighted by Crippen LogP contribution is 2.22. The van der Waals surface area contributed by atoms with E-state index in [0.29, 0.717) is 23.8 Å². The van der Waals surface area contributed by atoms with E-state index in [1.165, 1.54) is 17.8 Å². The highest BCUT2D eigenvalue weighted by Gasteiger charge is 2.28. The summed E-state index contributed by atoms with van der Waals surface area (Å²) < 4.78 is 18.7. The number of carbonyl (C=O) groups excluding carboxylic acids is 1. The van der Waals surface area contributed by atoms with Crippen LogP contribution in [0.5, 0.6) is 0 Å². The van der Waals surface area contributed by atoms with Crippen molar-refractivity contribution in [1.82, 2.24) is 4.90 Å². The molecular weight excluding hydrogens is 309 g/mol. The number of amides is 1. The van der Waals surface area contributed by atoms with Gasteiger partial charge in [0.2, 0.25) is 5.91 Å². The van der Waals surface area contributed by atoms with Gasteiger partial charge in [-0.3, -0.25) is 9.59 Å². The van der Waals surface area contributed by atoms with E-state index in [4.69, 9.17) is 9.84 Å². The second-order valence-corrected chi connectivity index (χ2v) is 6.08. The molecule has 1 unspecified atom stereocenters. The van der Waals surface area contributed by atoms with Gasteiger partial charge in [-0.25, -0.2) is 4.39 Å². The van der Waals surface area contributed by atoms with E-state index in [0.717, 1.165) is 0 Å². The molecule has 120 valence electrons. The summed E-state index contributed by atoms with van der Waals surface area (Å²) in [4.78, 5) is 25.2. The largest absolute Gasteiger partial charge is 0.481 e. The summed E-state index contributed by atoms with van der Waals surface area (Å²) >= 11 is 1.28. The second kappa shape index (κ2) is 8.14. The molecule has 1 atom stereocenters. The summed E-state index contributed by atoms with van der Waals surface area (Å²) in [6.07, 6.45) is 0.126. The fraction of sp³-hybridized carbons (Fsp3) is 0.467. The summed E-state index contributed by atoms with van der Waals surface area (Å²) in [5, 5.41) is 8.88. The van der Waals surface area contributed by atoms with E-state index >= 15 is 0 Å². The van der Waals surface area contributed by atoms with Gasteiger partial charge in [0.15, 0.2) is 0 Å². The Morgan fingerprint density at radius 1 is 1.41 bits per heavy atom. The molecule has 5 nitrogen and oxygen atoms in total. The van der Waals surface area contributed by atoms with Crippen LogP contribution in [0.15, 0.2) is 29.2 Å². The second-order valence-electron chi connectivity index (χ2n) is 4.94. The Hall–Kier alpha value is -1.60. The van der Waals surface area contributed by atoms with E-state index in [1.807, 2.05) is 0 Å². The van der Waals surface area contributed by atoms with Gasteiger partial charge in [-0.05, 0) is 12.1 Å². The Labute approximate surface area is 132 Å². The Morgan fingerprint density at radius 3 is 2.91 bits per heavy atom. The first-order chi connectivity index (χ1) is 10.6. The number of hydrogen-bond acceptors (Lipinski definition) is 4. The summed E-state index contributed by atoms with van der Waals surface area (Å²) in [7, 11) is 0. The predicted molar refractivity (Wildman–Crippen MR) is 80.3 cm³/mol. The zero-order valence-corrected chi connectivity index (χ0v) is 12.9. The van der Waals surface area contributed by atoms with E-state index in [2.05, 4.69) is 0 Å². The maximum absolute atomic E-state index is 13.5. The standard InChI is InChI=1S/C15H18FNO4S/c16-12-3-1-2-4-13(12)22-8-5-14(18)17-6-7-21-10-11(17)9-15(19)20/h1-4,11H,5-10H2,(H,19,20). The lowest BCUT2D eigenvalue weighted by Gasteiger charge is -2.34. The molecule has 0 spiro atoms. The van der Waals surface area contributed by atoms with Gasteiger partial charge < -0.3 is 14.7 Å². The van der Waals surface area contributed by atoms with Crippen molar-refractivity contribution in [2.24, 2.45) is 0 Å². The summed E-state index contributed by atoms with van der Waals surface area (Å²) in [6, 6.07) is 6.01. The van der Waals surface area contributed by atoms with Crippen molar-refractivity contribution in [2.75, 3.05) is 25.5 Å². The smallest absolute Gasteiger partial charge is 0.305 e. The molecule has 1 aliphatic heterocycles. The van der Waals surface area contributed by atoms with Gasteiger partial charge in [0.25, 0.3) is 0 Å². The SMILES string of the molecule is O=C(O)CC1COCCN1C(=O)CCSc1ccccc1F. The van der Waals surface area contributed by atoms with Gasteiger partial charge in [0.1, 0.15) is 5.82 Å². The lowest BCUT2D eigenvalue weighted by atomic mass is 10.1. The first-order valence-electron chi connectivity index (χ1n) is 7.04. The minimum atomic E-state index is -0.950. The number of morpholine rings is 1. The molecule has 0 bridgehead atoms. The number of rotatable bonds is 6. The Morgan fingerprint density at radius 2 is 2.18 bits per heavy atom. The average molecular weight is 327 g/mol. The van der Waals surface area contributed by atoms with Gasteiger partial charge in [-0.1, -0.05) is 12.1 Å². The normalized spacial score (nSPS) is 18.2. The van der Waals surface area contributed by atoms with Crippen molar-refractivity contribution in [2.45, 2.75) is 23.8 Å². The quantitative estimate of drug-likeness (QED) is 0.810. The van der Waals surface area contributed by atoms with Crippen molar-refractivity contribution in [3.05, 3.63) is 30.1 Å². The molecule has 0 radical (unpaired) electrons. The highest BCUT2D eigenvalue weighted by atomic mass is 32.2. The number of carboxylic acids is 1. The van der Waals surface area contributed by atoms with Crippen LogP contribution >= 0.6 is 11.8 Å². The summed E-state index contributed by atoms with van der Waals surface area (Å²) in [5.74, 6) is -0.904. The molecule has 0 saturated carbocycles. The highest BCUT2D eigenvalue weighted by molar-refractivity contribution is 7.99. The number of aliphatic carboxylic acids is 1. The molecule has 2 rings (SSSR count). The van der Waals surface area contributed by atoms with Gasteiger partial charge in [0, 0.05) is 23.6 Å². The number of halogens is 1. The van der Waals surface area contributed by atoms with Crippen LogP contribution in [0.3, 0.4) is 0 Å². The van der Waals surface area contributed by atoms with Crippen LogP contribution in [-0.2, 0) is 14.3 Å². The van der Waals surface area contributed by atoms with Crippen molar-refractivity contribution in [1.29, 1.82) is 0 Å². The third kappa shape index (κ3) is 4.71. The van der Waals surface area contributed by atoms with Crippen LogP contribution in [0, 0.1) is 5.82 Å². The van der Waals surface area contributed by atoms with E-state index < -0.39 is 12.0 Å². The number of benzene rings is 1. The van der Waals surface area contributed by atoms with Crippen molar-refractivity contribution >= 4 is 23.6 Å². The molecule has 1 aromatic rings. The lowest BCUT2D eigenvalue weighted by molar-refractivity contribution is -0.146. The molecule has 1 heterocycles. The number of thioether (sulfide) groups is 1. The van der Waals surface area contributed by atoms with Gasteiger partial charge >= 0.3 is 5.97 Å². The Balaban J connectivity index is 1.85. The first kappa shape index (κ1) is 16.8. The topological polar surface area (TPSA) is 66.8 Å². The number of carbonyl (C=O) groups is 2. The predicted octanol–water partition coefficient (Wildman–Crippen LogP) is 2.01. The van der Waals surface area contributed by atoms with Crippen LogP contribution in [0.4, 0.5) is 4.39 Å². The molecule has 22 heavy (non-hydrogen) atoms. The molecule has 1 N–H and O–H groups in total. The molecule has 0 aromatic heterocycles. The van der Waals surface area contributed by atoms with E-state index in [1.54, 1.807) is 23.1 Å². The molecule has 7 heteroatoms. The van der Waals surface area contributed by atoms with Crippen molar-refractivity contribution < 1.29 is 23.8 Å². The zero-order valence-electron chi connectivity index (χ0n) is 12.0. The van der Waals surface area contributed by atoms with E-state index in [-0.39, 0.29) is 31.2 Å². The number of nitrogens with zero attached hydrogens (tertiary/aromatic N) is 1. The third-order valence-electron chi connectivity index (χ3n) is 3.37. The van der Waals surface area contributed by atoms with Gasteiger partial charge in [-0.15, -0.1) is 11.8 Å². The maximum atomic E-state index is 13.5. The summed E-state index contributed by atoms with van der Waals surface area (Å²) in [5.41, 5.74) is 0. The fourth-order valence-electron chi connectivity index (χ4n) is 2.31. The third-order valence-corrected chi connectivity index (χ3v) is 4.42. The Bertz CT molecular complexity index is 540. The molecule has 1 aliphatic rings. The van der Waals surface area contributed by atoms with Gasteiger partial charge in [-0.2, -0.15) is 0 Å². The lowest BCUT2D eigenvalue weighted by Crippen LogP contribution is -2.49. The van der Waals surface area contributed by atoms with Gasteiger partial charge in [0.05, 0.1) is 25.7 Å². The number of hydrogen-bond donors (Lipinski definition) is 1. The zero-order chi connectivity index (χ0) is 15.9. The summed E-state index contributed by atoms with van der Waals surface area (Å²) in [6.45, 7) is 1.07. The van der Waals surface area contributed by atoms with Crippen molar-refractivity contribution in [3.8, 4) is 0 Å². The molecule has 1 fully saturated rings. The van der Waals surface area contributed by atoms with Crippen molar-refractivity contribution in [3.63, 3.8) is 0 Å². The number of ether oxygens (including phenoxy) is 1. The van der Waals surface area contributed by atoms with Crippen LogP contribution in [0.25, 0.3) is 0 Å². The van der Waals surface area contributed by atoms with Crippen LogP contribution in [0.2, 0.25) is 0 Å². The molecule has 0 aliphatic carbocycles. The molecule has 1 amide bonds. The van der Waals surface area contributed by atoms with Crippen LogP contribution in [0.1, 0.15) is 12.8 Å². The number of carboxylic acid groups (broad SMARTS) is 1.